The number of fused-ring (bicyclic) bond motifs is 1. The van der Waals surface area contributed by atoms with Gasteiger partial charge in [0.15, 0.2) is 5.11 Å². The summed E-state index contributed by atoms with van der Waals surface area (Å²) in [5, 5.41) is 7.25. The summed E-state index contributed by atoms with van der Waals surface area (Å²) < 4.78 is 0. The lowest BCUT2D eigenvalue weighted by Gasteiger charge is -2.30. The molecule has 5 nitrogen and oxygen atoms in total. The first kappa shape index (κ1) is 14.1. The van der Waals surface area contributed by atoms with Gasteiger partial charge in [0.1, 0.15) is 0 Å². The highest BCUT2D eigenvalue weighted by atomic mass is 32.1. The standard InChI is InChI=1S/C15H20N4OS/c1-9-4-2-3-5-11(9)19-15(21)16-10-6-7-12-13(8-10)18-14(20)17-12/h6-9,11H,2-5H2,1H3,(H2,16,19,21)(H2,17,18,20)/t9-,11-/m1/s1. The molecule has 0 bridgehead atoms. The molecule has 3 rings (SSSR count). The van der Waals surface area contributed by atoms with Crippen LogP contribution in [-0.4, -0.2) is 21.1 Å². The van der Waals surface area contributed by atoms with Crippen LogP contribution in [0.5, 0.6) is 0 Å². The average Bonchev–Trinajstić information content (AvgIpc) is 2.80. The number of hydrogen-bond acceptors (Lipinski definition) is 2. The fourth-order valence-corrected chi connectivity index (χ4v) is 3.25. The van der Waals surface area contributed by atoms with E-state index in [0.29, 0.717) is 17.1 Å². The third kappa shape index (κ3) is 3.26. The third-order valence-electron chi connectivity index (χ3n) is 4.20. The molecule has 112 valence electrons. The molecule has 1 fully saturated rings. The smallest absolute Gasteiger partial charge is 0.323 e. The number of aromatic amines is 2. The van der Waals surface area contributed by atoms with Crippen molar-refractivity contribution in [2.45, 2.75) is 38.6 Å². The molecule has 0 aliphatic heterocycles. The molecule has 0 saturated heterocycles. The number of hydrogen-bond donors (Lipinski definition) is 4. The van der Waals surface area contributed by atoms with E-state index in [1.807, 2.05) is 18.2 Å². The fraction of sp³-hybridized carbons (Fsp3) is 0.467. The molecule has 0 spiro atoms. The van der Waals surface area contributed by atoms with Gasteiger partial charge in [0.2, 0.25) is 0 Å². The van der Waals surface area contributed by atoms with Gasteiger partial charge in [-0.3, -0.25) is 0 Å². The predicted octanol–water partition coefficient (Wildman–Crippen LogP) is 2.72. The number of thiocarbonyl (C=S) groups is 1. The highest BCUT2D eigenvalue weighted by molar-refractivity contribution is 7.80. The zero-order valence-electron chi connectivity index (χ0n) is 12.0. The van der Waals surface area contributed by atoms with E-state index < -0.39 is 0 Å². The topological polar surface area (TPSA) is 72.7 Å². The Balaban J connectivity index is 1.66. The molecule has 1 aromatic heterocycles. The molecule has 1 aliphatic rings. The van der Waals surface area contributed by atoms with Gasteiger partial charge in [0.05, 0.1) is 11.0 Å². The van der Waals surface area contributed by atoms with Gasteiger partial charge in [-0.1, -0.05) is 19.8 Å². The van der Waals surface area contributed by atoms with Crippen LogP contribution in [0.25, 0.3) is 11.0 Å². The predicted molar refractivity (Wildman–Crippen MR) is 89.7 cm³/mol. The average molecular weight is 304 g/mol. The maximum absolute atomic E-state index is 11.3. The van der Waals surface area contributed by atoms with Crippen molar-refractivity contribution in [3.63, 3.8) is 0 Å². The molecule has 2 atom stereocenters. The summed E-state index contributed by atoms with van der Waals surface area (Å²) in [5.41, 5.74) is 2.25. The molecule has 0 radical (unpaired) electrons. The van der Waals surface area contributed by atoms with E-state index in [0.717, 1.165) is 16.7 Å². The summed E-state index contributed by atoms with van der Waals surface area (Å²) >= 11 is 5.40. The first-order valence-electron chi connectivity index (χ1n) is 7.41. The molecule has 1 saturated carbocycles. The number of aromatic nitrogens is 2. The Morgan fingerprint density at radius 2 is 2.00 bits per heavy atom. The fourth-order valence-electron chi connectivity index (χ4n) is 2.98. The molecule has 21 heavy (non-hydrogen) atoms. The summed E-state index contributed by atoms with van der Waals surface area (Å²) in [7, 11) is 0. The van der Waals surface area contributed by atoms with E-state index in [-0.39, 0.29) is 5.69 Å². The van der Waals surface area contributed by atoms with Gasteiger partial charge in [-0.25, -0.2) is 4.79 Å². The zero-order valence-corrected chi connectivity index (χ0v) is 12.8. The molecule has 0 unspecified atom stereocenters. The number of rotatable bonds is 2. The number of benzene rings is 1. The zero-order chi connectivity index (χ0) is 14.8. The van der Waals surface area contributed by atoms with Crippen LogP contribution in [0.3, 0.4) is 0 Å². The molecule has 1 heterocycles. The van der Waals surface area contributed by atoms with Crippen molar-refractivity contribution < 1.29 is 0 Å². The van der Waals surface area contributed by atoms with Crippen LogP contribution in [-0.2, 0) is 0 Å². The van der Waals surface area contributed by atoms with E-state index in [1.165, 1.54) is 25.7 Å². The minimum Gasteiger partial charge on any atom is -0.359 e. The van der Waals surface area contributed by atoms with Crippen LogP contribution in [0.1, 0.15) is 32.6 Å². The van der Waals surface area contributed by atoms with Crippen LogP contribution in [0.15, 0.2) is 23.0 Å². The van der Waals surface area contributed by atoms with Crippen LogP contribution >= 0.6 is 12.2 Å². The molecular weight excluding hydrogens is 284 g/mol. The van der Waals surface area contributed by atoms with Gasteiger partial charge in [-0.2, -0.15) is 0 Å². The first-order chi connectivity index (χ1) is 10.1. The molecule has 1 aliphatic carbocycles. The first-order valence-corrected chi connectivity index (χ1v) is 7.82. The maximum atomic E-state index is 11.3. The van der Waals surface area contributed by atoms with Gasteiger partial charge >= 0.3 is 5.69 Å². The van der Waals surface area contributed by atoms with E-state index in [1.54, 1.807) is 0 Å². The van der Waals surface area contributed by atoms with Gasteiger partial charge in [-0.15, -0.1) is 0 Å². The SMILES string of the molecule is C[C@@H]1CCCC[C@H]1NC(=S)Nc1ccc2[nH]c(=O)[nH]c2c1. The Bertz CT molecular complexity index is 705. The Hall–Kier alpha value is -1.82. The van der Waals surface area contributed by atoms with E-state index >= 15 is 0 Å². The number of H-pyrrole nitrogens is 2. The maximum Gasteiger partial charge on any atom is 0.323 e. The summed E-state index contributed by atoms with van der Waals surface area (Å²) in [6, 6.07) is 6.10. The van der Waals surface area contributed by atoms with E-state index in [9.17, 15) is 4.79 Å². The summed E-state index contributed by atoms with van der Waals surface area (Å²) in [5.74, 6) is 0.655. The minimum atomic E-state index is -0.195. The van der Waals surface area contributed by atoms with Crippen molar-refractivity contribution in [3.8, 4) is 0 Å². The Labute approximate surface area is 128 Å². The molecular formula is C15H20N4OS. The van der Waals surface area contributed by atoms with Crippen LogP contribution in [0, 0.1) is 5.92 Å². The number of imidazole rings is 1. The largest absolute Gasteiger partial charge is 0.359 e. The molecule has 0 amide bonds. The second kappa shape index (κ2) is 5.89. The lowest BCUT2D eigenvalue weighted by atomic mass is 9.86. The Morgan fingerprint density at radius 1 is 1.24 bits per heavy atom. The van der Waals surface area contributed by atoms with Gasteiger partial charge in [-0.05, 0) is 49.2 Å². The second-order valence-electron chi connectivity index (χ2n) is 5.81. The summed E-state index contributed by atoms with van der Waals surface area (Å²) in [4.78, 5) is 16.7. The van der Waals surface area contributed by atoms with Crippen LogP contribution in [0.4, 0.5) is 5.69 Å². The second-order valence-corrected chi connectivity index (χ2v) is 6.21. The highest BCUT2D eigenvalue weighted by Crippen LogP contribution is 2.24. The van der Waals surface area contributed by atoms with Crippen molar-refractivity contribution >= 4 is 34.1 Å². The van der Waals surface area contributed by atoms with Crippen molar-refractivity contribution in [2.24, 2.45) is 5.92 Å². The molecule has 6 heteroatoms. The van der Waals surface area contributed by atoms with Gasteiger partial charge < -0.3 is 20.6 Å². The van der Waals surface area contributed by atoms with Crippen molar-refractivity contribution in [1.82, 2.24) is 15.3 Å². The summed E-state index contributed by atoms with van der Waals surface area (Å²) in [6.07, 6.45) is 5.02. The lowest BCUT2D eigenvalue weighted by Crippen LogP contribution is -2.43. The van der Waals surface area contributed by atoms with Gasteiger partial charge in [0.25, 0.3) is 0 Å². The normalized spacial score (nSPS) is 22.1. The third-order valence-corrected chi connectivity index (χ3v) is 4.42. The van der Waals surface area contributed by atoms with E-state index in [4.69, 9.17) is 12.2 Å². The van der Waals surface area contributed by atoms with Crippen molar-refractivity contribution in [2.75, 3.05) is 5.32 Å². The van der Waals surface area contributed by atoms with Gasteiger partial charge in [0, 0.05) is 11.7 Å². The Kier molecular flexibility index (Phi) is 3.96. The van der Waals surface area contributed by atoms with Crippen LogP contribution < -0.4 is 16.3 Å². The van der Waals surface area contributed by atoms with Crippen molar-refractivity contribution in [1.29, 1.82) is 0 Å². The molecule has 1 aromatic carbocycles. The molecule has 4 N–H and O–H groups in total. The Morgan fingerprint density at radius 3 is 2.81 bits per heavy atom. The monoisotopic (exact) mass is 304 g/mol. The van der Waals surface area contributed by atoms with Crippen LogP contribution in [0.2, 0.25) is 0 Å². The molecule has 2 aromatic rings. The minimum absolute atomic E-state index is 0.195. The van der Waals surface area contributed by atoms with E-state index in [2.05, 4.69) is 27.5 Å². The highest BCUT2D eigenvalue weighted by Gasteiger charge is 2.21. The number of nitrogens with one attached hydrogen (secondary N) is 4. The summed E-state index contributed by atoms with van der Waals surface area (Å²) in [6.45, 7) is 2.27. The van der Waals surface area contributed by atoms with Crippen molar-refractivity contribution in [3.05, 3.63) is 28.7 Å². The number of anilines is 1. The lowest BCUT2D eigenvalue weighted by molar-refractivity contribution is 0.309. The quantitative estimate of drug-likeness (QED) is 0.644.